The first-order chi connectivity index (χ1) is 15.8. The van der Waals surface area contributed by atoms with Gasteiger partial charge >= 0.3 is 0 Å². The zero-order chi connectivity index (χ0) is 23.6. The topological polar surface area (TPSA) is 105 Å². The van der Waals surface area contributed by atoms with Crippen molar-refractivity contribution in [2.75, 3.05) is 4.72 Å². The second-order valence-electron chi connectivity index (χ2n) is 6.80. The largest absolute Gasteiger partial charge is 0.455 e. The summed E-state index contributed by atoms with van der Waals surface area (Å²) in [6, 6.07) is 14.4. The highest BCUT2D eigenvalue weighted by atomic mass is 32.2. The molecule has 0 aliphatic heterocycles. The molecule has 4 rings (SSSR count). The summed E-state index contributed by atoms with van der Waals surface area (Å²) in [5.41, 5.74) is 1.50. The van der Waals surface area contributed by atoms with Gasteiger partial charge in [0, 0.05) is 17.1 Å². The van der Waals surface area contributed by atoms with Gasteiger partial charge in [-0.1, -0.05) is 24.3 Å². The Morgan fingerprint density at radius 2 is 1.91 bits per heavy atom. The molecule has 1 N–H and O–H groups in total. The molecule has 4 aromatic rings. The van der Waals surface area contributed by atoms with Crippen molar-refractivity contribution in [1.29, 1.82) is 5.26 Å². The molecule has 166 valence electrons. The number of anilines is 1. The number of nitriles is 1. The highest BCUT2D eigenvalue weighted by molar-refractivity contribution is 7.93. The molecule has 3 aromatic carbocycles. The van der Waals surface area contributed by atoms with E-state index >= 15 is 0 Å². The Balaban J connectivity index is 1.72. The zero-order valence-corrected chi connectivity index (χ0v) is 18.5. The smallest absolute Gasteiger partial charge is 0.263 e. The monoisotopic (exact) mass is 484 g/mol. The van der Waals surface area contributed by atoms with Crippen LogP contribution in [0, 0.1) is 29.9 Å². The van der Waals surface area contributed by atoms with Gasteiger partial charge in [0.05, 0.1) is 10.5 Å². The normalized spacial score (nSPS) is 11.1. The first kappa shape index (κ1) is 22.3. The number of aryl methyl sites for hydroxylation is 1. The van der Waals surface area contributed by atoms with Crippen molar-refractivity contribution in [2.45, 2.75) is 11.8 Å². The van der Waals surface area contributed by atoms with Crippen LogP contribution in [0.2, 0.25) is 0 Å². The van der Waals surface area contributed by atoms with E-state index in [1.165, 1.54) is 30.6 Å². The molecule has 0 amide bonds. The van der Waals surface area contributed by atoms with Gasteiger partial charge in [0.1, 0.15) is 23.9 Å². The van der Waals surface area contributed by atoms with E-state index < -0.39 is 21.7 Å². The molecule has 0 aliphatic rings. The minimum Gasteiger partial charge on any atom is -0.455 e. The van der Waals surface area contributed by atoms with Crippen LogP contribution in [-0.4, -0.2) is 17.8 Å². The van der Waals surface area contributed by atoms with E-state index in [4.69, 9.17) is 4.74 Å². The van der Waals surface area contributed by atoms with Crippen molar-refractivity contribution in [3.63, 3.8) is 0 Å². The van der Waals surface area contributed by atoms with Crippen LogP contribution in [0.1, 0.15) is 11.1 Å². The van der Waals surface area contributed by atoms with Crippen molar-refractivity contribution in [1.82, 2.24) is 9.36 Å². The SMILES string of the molecule is Cc1cccc(-c2ccc(F)c(F)c2)c1Oc1ccc(S(=O)(=O)Nc2ncns2)cc1C#N. The molecule has 0 fully saturated rings. The summed E-state index contributed by atoms with van der Waals surface area (Å²) in [5.74, 6) is -1.55. The third-order valence-electron chi connectivity index (χ3n) is 4.62. The summed E-state index contributed by atoms with van der Waals surface area (Å²) >= 11 is 0.871. The lowest BCUT2D eigenvalue weighted by Gasteiger charge is -2.16. The molecule has 0 saturated carbocycles. The minimum absolute atomic E-state index is 0.0328. The van der Waals surface area contributed by atoms with Crippen molar-refractivity contribution in [3.05, 3.63) is 83.7 Å². The second-order valence-corrected chi connectivity index (χ2v) is 9.27. The minimum atomic E-state index is -4.00. The van der Waals surface area contributed by atoms with Crippen LogP contribution in [-0.2, 0) is 10.0 Å². The fraction of sp³-hybridized carbons (Fsp3) is 0.0455. The molecule has 7 nitrogen and oxygen atoms in total. The number of para-hydroxylation sites is 1. The molecule has 0 unspecified atom stereocenters. The fourth-order valence-corrected chi connectivity index (χ4v) is 4.72. The van der Waals surface area contributed by atoms with Gasteiger partial charge in [-0.2, -0.15) is 9.64 Å². The van der Waals surface area contributed by atoms with E-state index in [0.29, 0.717) is 22.4 Å². The van der Waals surface area contributed by atoms with Crippen molar-refractivity contribution in [2.24, 2.45) is 0 Å². The lowest BCUT2D eigenvalue weighted by Crippen LogP contribution is -2.13. The number of benzene rings is 3. The molecule has 0 radical (unpaired) electrons. The number of aromatic nitrogens is 2. The first-order valence-corrected chi connectivity index (χ1v) is 11.6. The van der Waals surface area contributed by atoms with Crippen LogP contribution in [0.4, 0.5) is 13.9 Å². The average Bonchev–Trinajstić information content (AvgIpc) is 3.29. The van der Waals surface area contributed by atoms with E-state index in [1.807, 2.05) is 6.07 Å². The van der Waals surface area contributed by atoms with Crippen LogP contribution in [0.3, 0.4) is 0 Å². The Kier molecular flexibility index (Phi) is 6.04. The number of nitrogens with one attached hydrogen (secondary N) is 1. The van der Waals surface area contributed by atoms with E-state index in [1.54, 1.807) is 25.1 Å². The number of hydrogen-bond donors (Lipinski definition) is 1. The Labute approximate surface area is 192 Å². The Morgan fingerprint density at radius 1 is 1.09 bits per heavy atom. The lowest BCUT2D eigenvalue weighted by atomic mass is 10.0. The molecule has 1 aromatic heterocycles. The third-order valence-corrected chi connectivity index (χ3v) is 6.67. The van der Waals surface area contributed by atoms with Crippen LogP contribution in [0.15, 0.2) is 65.8 Å². The molecule has 0 aliphatic carbocycles. The number of sulfonamides is 1. The molecule has 0 atom stereocenters. The summed E-state index contributed by atoms with van der Waals surface area (Å²) < 4.78 is 64.4. The van der Waals surface area contributed by atoms with Crippen molar-refractivity contribution in [3.8, 4) is 28.7 Å². The highest BCUT2D eigenvalue weighted by Gasteiger charge is 2.20. The predicted octanol–water partition coefficient (Wildman–Crippen LogP) is 5.26. The molecule has 1 heterocycles. The van der Waals surface area contributed by atoms with E-state index in [9.17, 15) is 22.5 Å². The Morgan fingerprint density at radius 3 is 2.61 bits per heavy atom. The molecule has 0 spiro atoms. The summed E-state index contributed by atoms with van der Waals surface area (Å²) in [4.78, 5) is 3.62. The Hall–Kier alpha value is -3.88. The van der Waals surface area contributed by atoms with Crippen molar-refractivity contribution >= 4 is 26.7 Å². The maximum atomic E-state index is 13.8. The number of halogens is 2. The fourth-order valence-electron chi connectivity index (χ4n) is 3.03. The van der Waals surface area contributed by atoms with Crippen LogP contribution in [0.25, 0.3) is 11.1 Å². The van der Waals surface area contributed by atoms with Crippen molar-refractivity contribution < 1.29 is 21.9 Å². The molecular weight excluding hydrogens is 470 g/mol. The molecule has 0 saturated heterocycles. The third kappa shape index (κ3) is 4.67. The van der Waals surface area contributed by atoms with Gasteiger partial charge in [-0.3, -0.25) is 4.72 Å². The van der Waals surface area contributed by atoms with Gasteiger partial charge in [0.2, 0.25) is 5.13 Å². The number of hydrogen-bond acceptors (Lipinski definition) is 7. The molecular formula is C22H14F2N4O3S2. The number of ether oxygens (including phenoxy) is 1. The van der Waals surface area contributed by atoms with Crippen LogP contribution < -0.4 is 9.46 Å². The summed E-state index contributed by atoms with van der Waals surface area (Å²) in [7, 11) is -4.00. The van der Waals surface area contributed by atoms with E-state index in [2.05, 4.69) is 14.1 Å². The second kappa shape index (κ2) is 8.93. The van der Waals surface area contributed by atoms with Gasteiger partial charge in [0.15, 0.2) is 11.6 Å². The zero-order valence-electron chi connectivity index (χ0n) is 16.9. The first-order valence-electron chi connectivity index (χ1n) is 9.35. The molecule has 0 bridgehead atoms. The van der Waals surface area contributed by atoms with Gasteiger partial charge < -0.3 is 4.74 Å². The molecule has 11 heteroatoms. The van der Waals surface area contributed by atoms with Gasteiger partial charge in [-0.15, -0.1) is 0 Å². The maximum absolute atomic E-state index is 13.8. The maximum Gasteiger partial charge on any atom is 0.263 e. The van der Waals surface area contributed by atoms with Gasteiger partial charge in [-0.25, -0.2) is 22.2 Å². The van der Waals surface area contributed by atoms with E-state index in [-0.39, 0.29) is 21.3 Å². The van der Waals surface area contributed by atoms with Gasteiger partial charge in [-0.05, 0) is 48.4 Å². The highest BCUT2D eigenvalue weighted by Crippen LogP contribution is 2.38. The number of rotatable bonds is 6. The summed E-state index contributed by atoms with van der Waals surface area (Å²) in [5, 5.41) is 9.70. The van der Waals surface area contributed by atoms with Crippen LogP contribution in [0.5, 0.6) is 11.5 Å². The quantitative estimate of drug-likeness (QED) is 0.400. The predicted molar refractivity (Wildman–Crippen MR) is 118 cm³/mol. The van der Waals surface area contributed by atoms with E-state index in [0.717, 1.165) is 23.7 Å². The van der Waals surface area contributed by atoms with Gasteiger partial charge in [0.25, 0.3) is 10.0 Å². The number of nitrogens with zero attached hydrogens (tertiary/aromatic N) is 3. The average molecular weight is 485 g/mol. The standard InChI is InChI=1S/C22H14F2N4O3S2/c1-13-3-2-4-17(14-5-7-18(23)19(24)10-14)21(13)31-20-8-6-16(9-15(20)11-25)33(29,30)28-22-26-12-27-32-22/h2-10,12H,1H3,(H,26,27,28). The summed E-state index contributed by atoms with van der Waals surface area (Å²) in [6.45, 7) is 1.76. The van der Waals surface area contributed by atoms with Crippen LogP contribution >= 0.6 is 11.5 Å². The Bertz CT molecular complexity index is 1480. The molecule has 33 heavy (non-hydrogen) atoms. The summed E-state index contributed by atoms with van der Waals surface area (Å²) in [6.07, 6.45) is 1.22. The lowest BCUT2D eigenvalue weighted by molar-refractivity contribution is 0.478.